The highest BCUT2D eigenvalue weighted by atomic mass is 79.9. The molecule has 0 spiro atoms. The zero-order valence-corrected chi connectivity index (χ0v) is 48.0. The van der Waals surface area contributed by atoms with Crippen LogP contribution in [0.5, 0.6) is 0 Å². The third-order valence-corrected chi connectivity index (χ3v) is 17.7. The zero-order valence-electron chi connectivity index (χ0n) is 46.4. The summed E-state index contributed by atoms with van der Waals surface area (Å²) in [6.45, 7) is 0. The van der Waals surface area contributed by atoms with Crippen molar-refractivity contribution in [2.45, 2.75) is 0 Å². The third-order valence-electron chi connectivity index (χ3n) is 17.2. The summed E-state index contributed by atoms with van der Waals surface area (Å²) in [5.41, 5.74) is 11.5. The first kappa shape index (κ1) is 51.3. The van der Waals surface area contributed by atoms with Gasteiger partial charge in [-0.1, -0.05) is 253 Å². The molecule has 16 aromatic carbocycles. The van der Waals surface area contributed by atoms with Gasteiger partial charge in [-0.3, -0.25) is 0 Å². The van der Waals surface area contributed by atoms with Crippen molar-refractivity contribution in [2.75, 3.05) is 0 Å². The molecule has 0 saturated heterocycles. The highest BCUT2D eigenvalue weighted by molar-refractivity contribution is 9.10. The summed E-state index contributed by atoms with van der Waals surface area (Å²) >= 11 is 3.47. The molecule has 18 rings (SSSR count). The van der Waals surface area contributed by atoms with Crippen LogP contribution in [0.4, 0.5) is 0 Å². The summed E-state index contributed by atoms with van der Waals surface area (Å²) in [4.78, 5) is 0. The van der Waals surface area contributed by atoms with Crippen molar-refractivity contribution in [3.05, 3.63) is 296 Å². The predicted molar refractivity (Wildman–Crippen MR) is 368 cm³/mol. The van der Waals surface area contributed by atoms with Gasteiger partial charge in [-0.2, -0.15) is 0 Å². The number of benzene rings is 16. The van der Waals surface area contributed by atoms with Crippen LogP contribution in [-0.2, 0) is 0 Å². The van der Waals surface area contributed by atoms with Crippen LogP contribution in [0.1, 0.15) is 0 Å². The van der Waals surface area contributed by atoms with Crippen LogP contribution in [-0.4, -0.2) is 17.2 Å². The summed E-state index contributed by atoms with van der Waals surface area (Å²) in [5.74, 6) is 0. The van der Waals surface area contributed by atoms with Crippen molar-refractivity contribution >= 4 is 159 Å². The molecule has 2 heterocycles. The quantitative estimate of drug-likeness (QED) is 0.136. The Morgan fingerprint density at radius 1 is 0.244 bits per heavy atom. The van der Waals surface area contributed by atoms with Gasteiger partial charge in [0.1, 0.15) is 22.3 Å². The van der Waals surface area contributed by atoms with Gasteiger partial charge in [-0.05, 0) is 180 Å². The molecule has 0 aliphatic rings. The molecule has 0 radical (unpaired) electrons. The van der Waals surface area contributed by atoms with Crippen molar-refractivity contribution in [2.24, 2.45) is 0 Å². The Kier molecular flexibility index (Phi) is 12.6. The van der Waals surface area contributed by atoms with E-state index in [2.05, 4.69) is 246 Å². The molecule has 404 valence electrons. The van der Waals surface area contributed by atoms with Crippen LogP contribution in [0.15, 0.2) is 304 Å². The topological polar surface area (TPSA) is 66.7 Å². The van der Waals surface area contributed by atoms with E-state index in [-0.39, 0.29) is 0 Å². The second-order valence-corrected chi connectivity index (χ2v) is 23.0. The van der Waals surface area contributed by atoms with Crippen molar-refractivity contribution < 1.29 is 18.9 Å². The minimum absolute atomic E-state index is 0.560. The lowest BCUT2D eigenvalue weighted by Crippen LogP contribution is -2.31. The Morgan fingerprint density at radius 3 is 1.01 bits per heavy atom. The lowest BCUT2D eigenvalue weighted by molar-refractivity contribution is 0.426. The molecule has 86 heavy (non-hydrogen) atoms. The second kappa shape index (κ2) is 21.1. The van der Waals surface area contributed by atoms with Gasteiger partial charge in [-0.25, -0.2) is 0 Å². The molecular weight excluding hydrogens is 1120 g/mol. The van der Waals surface area contributed by atoms with Gasteiger partial charge in [0.25, 0.3) is 0 Å². The lowest BCUT2D eigenvalue weighted by Gasteiger charge is -2.18. The molecule has 0 aliphatic carbocycles. The van der Waals surface area contributed by atoms with E-state index in [0.717, 1.165) is 75.8 Å². The molecule has 0 bridgehead atoms. The molecule has 6 heteroatoms. The molecule has 0 unspecified atom stereocenters. The van der Waals surface area contributed by atoms with Crippen LogP contribution < -0.4 is 5.46 Å². The largest absolute Gasteiger partial charge is 0.489 e. The number of fused-ring (bicyclic) bond motifs is 14. The van der Waals surface area contributed by atoms with Crippen molar-refractivity contribution in [3.63, 3.8) is 0 Å². The SMILES string of the molecule is Brc1ccc2c(c1)oc1cc3ccccc3cc12.OB(O)c1c2ccccc2c(-c2cccc3ccccc23)c2ccccc12.c1ccc2cc3c(cc2c1)oc1cc(-c2c4ccccc4c(-c4cccc5ccccc45)c4ccccc24)ccc13. The van der Waals surface area contributed by atoms with Crippen molar-refractivity contribution in [1.29, 1.82) is 0 Å². The fourth-order valence-corrected chi connectivity index (χ4v) is 13.7. The molecule has 0 saturated carbocycles. The number of hydrogen-bond donors (Lipinski definition) is 2. The van der Waals surface area contributed by atoms with E-state index < -0.39 is 7.12 Å². The first-order chi connectivity index (χ1) is 42.4. The van der Waals surface area contributed by atoms with Gasteiger partial charge in [-0.15, -0.1) is 0 Å². The van der Waals surface area contributed by atoms with E-state index in [1.165, 1.54) is 92.1 Å². The van der Waals surface area contributed by atoms with E-state index in [0.29, 0.717) is 5.46 Å². The first-order valence-electron chi connectivity index (χ1n) is 29.0. The summed E-state index contributed by atoms with van der Waals surface area (Å²) in [7, 11) is -1.53. The van der Waals surface area contributed by atoms with E-state index in [1.807, 2.05) is 60.7 Å². The number of halogens is 1. The van der Waals surface area contributed by atoms with Gasteiger partial charge in [0.2, 0.25) is 0 Å². The number of rotatable bonds is 4. The Bertz CT molecular complexity index is 5620. The Labute approximate surface area is 503 Å². The van der Waals surface area contributed by atoms with Gasteiger partial charge in [0.15, 0.2) is 0 Å². The van der Waals surface area contributed by atoms with Gasteiger partial charge in [0, 0.05) is 26.0 Å². The molecule has 2 N–H and O–H groups in total. The summed E-state index contributed by atoms with van der Waals surface area (Å²) in [6, 6.07) is 102. The molecule has 2 aromatic heterocycles. The normalized spacial score (nSPS) is 11.7. The predicted octanol–water partition coefficient (Wildman–Crippen LogP) is 21.5. The van der Waals surface area contributed by atoms with E-state index in [9.17, 15) is 10.0 Å². The fraction of sp³-hybridized carbons (Fsp3) is 0. The highest BCUT2D eigenvalue weighted by Crippen LogP contribution is 2.47. The van der Waals surface area contributed by atoms with E-state index in [4.69, 9.17) is 8.83 Å². The number of furan rings is 2. The Hall–Kier alpha value is -10.3. The van der Waals surface area contributed by atoms with Gasteiger partial charge in [0.05, 0.1) is 0 Å². The average molecular weight is 1170 g/mol. The molecule has 0 amide bonds. The minimum Gasteiger partial charge on any atom is -0.456 e. The molecule has 18 aromatic rings. The van der Waals surface area contributed by atoms with Gasteiger partial charge < -0.3 is 18.9 Å². The maximum Gasteiger partial charge on any atom is 0.489 e. The standard InChI is InChI=1S/C40H24O.C24H17BO2.C16H9BrO/c1-2-12-27-23-38-36(22-26(27)11-1)30-21-20-28(24-37(30)41-38)39-32-15-5-7-17-34(32)40(35-18-8-6-16-33(35)39)31-19-9-13-25-10-3-4-14-29(25)31;26-25(27)24-21-13-5-3-11-19(21)23(20-12-4-6-14-22(20)24)18-15-7-9-16-8-1-2-10-17(16)18;17-12-5-6-13-14-7-10-3-1-2-4-11(10)8-15(14)18-16(13)9-12/h1-24H;1-15,26-27H;1-9H. The summed E-state index contributed by atoms with van der Waals surface area (Å²) in [5, 5.41) is 43.4. The maximum atomic E-state index is 10.1. The fourth-order valence-electron chi connectivity index (χ4n) is 13.4. The number of hydrogen-bond acceptors (Lipinski definition) is 4. The van der Waals surface area contributed by atoms with Crippen LogP contribution >= 0.6 is 15.9 Å². The first-order valence-corrected chi connectivity index (χ1v) is 29.7. The monoisotopic (exact) mass is 1160 g/mol. The van der Waals surface area contributed by atoms with Crippen molar-refractivity contribution in [1.82, 2.24) is 0 Å². The van der Waals surface area contributed by atoms with Crippen molar-refractivity contribution in [3.8, 4) is 33.4 Å². The average Bonchev–Trinajstić information content (AvgIpc) is 1.77. The maximum absolute atomic E-state index is 10.1. The van der Waals surface area contributed by atoms with Crippen LogP contribution in [0.3, 0.4) is 0 Å². The molecular formula is C80H50BBrO4. The van der Waals surface area contributed by atoms with Crippen LogP contribution in [0.25, 0.3) is 163 Å². The molecule has 4 nitrogen and oxygen atoms in total. The zero-order chi connectivity index (χ0) is 57.4. The molecule has 0 aliphatic heterocycles. The lowest BCUT2D eigenvalue weighted by atomic mass is 9.72. The van der Waals surface area contributed by atoms with Crippen LogP contribution in [0, 0.1) is 0 Å². The Morgan fingerprint density at radius 2 is 0.570 bits per heavy atom. The third kappa shape index (κ3) is 8.68. The van der Waals surface area contributed by atoms with Gasteiger partial charge >= 0.3 is 7.12 Å². The van der Waals surface area contributed by atoms with E-state index in [1.54, 1.807) is 0 Å². The van der Waals surface area contributed by atoms with E-state index >= 15 is 0 Å². The molecule has 0 fully saturated rings. The summed E-state index contributed by atoms with van der Waals surface area (Å²) < 4.78 is 13.4. The second-order valence-electron chi connectivity index (χ2n) is 22.1. The minimum atomic E-state index is -1.53. The smallest absolute Gasteiger partial charge is 0.456 e. The molecule has 0 atom stereocenters. The highest BCUT2D eigenvalue weighted by Gasteiger charge is 2.24. The summed E-state index contributed by atoms with van der Waals surface area (Å²) in [6.07, 6.45) is 0. The van der Waals surface area contributed by atoms with Crippen LogP contribution in [0.2, 0.25) is 0 Å². The Balaban J connectivity index is 0.000000114.